The molecule has 0 aliphatic rings. The first-order valence-electron chi connectivity index (χ1n) is 4.61. The van der Waals surface area contributed by atoms with Crippen molar-refractivity contribution in [1.82, 2.24) is 5.32 Å². The van der Waals surface area contributed by atoms with Gasteiger partial charge in [-0.25, -0.2) is 0 Å². The van der Waals surface area contributed by atoms with E-state index in [9.17, 15) is 13.2 Å². The van der Waals surface area contributed by atoms with Gasteiger partial charge in [0.05, 0.1) is 8.81 Å². The molecule has 0 aliphatic carbocycles. The summed E-state index contributed by atoms with van der Waals surface area (Å²) in [5.41, 5.74) is 0. The van der Waals surface area contributed by atoms with Crippen LogP contribution in [-0.2, 0) is 0 Å². The number of hydrogen-bond donors (Lipinski definition) is 1. The van der Waals surface area contributed by atoms with E-state index in [1.165, 1.54) is 6.07 Å². The first kappa shape index (κ1) is 14.3. The van der Waals surface area contributed by atoms with Gasteiger partial charge in [-0.2, -0.15) is 13.2 Å². The Morgan fingerprint density at radius 2 is 2.19 bits per heavy atom. The van der Waals surface area contributed by atoms with E-state index in [-0.39, 0.29) is 4.88 Å². The number of hydrogen-bond acceptors (Lipinski definition) is 2. The summed E-state index contributed by atoms with van der Waals surface area (Å²) >= 11 is 9.84. The van der Waals surface area contributed by atoms with Crippen LogP contribution in [0.3, 0.4) is 0 Å². The first-order chi connectivity index (χ1) is 7.36. The van der Waals surface area contributed by atoms with E-state index in [4.69, 9.17) is 11.6 Å². The lowest BCUT2D eigenvalue weighted by atomic mass is 10.2. The molecule has 0 aromatic carbocycles. The summed E-state index contributed by atoms with van der Waals surface area (Å²) in [6.45, 7) is 2.13. The maximum absolute atomic E-state index is 12.8. The highest BCUT2D eigenvalue weighted by Crippen LogP contribution is 2.41. The standard InChI is InChI=1S/C9H10BrClF3NS/c1-2-3-15-7(9(12,13)14)6-4-5(11)8(10)16-6/h4,7,15H,2-3H2,1H3. The zero-order valence-electron chi connectivity index (χ0n) is 8.37. The molecule has 0 saturated heterocycles. The minimum absolute atomic E-state index is 0.179. The third-order valence-corrected chi connectivity index (χ3v) is 4.41. The molecular weight excluding hydrogens is 327 g/mol. The fraction of sp³-hybridized carbons (Fsp3) is 0.556. The quantitative estimate of drug-likeness (QED) is 0.835. The summed E-state index contributed by atoms with van der Waals surface area (Å²) in [6.07, 6.45) is -3.66. The molecule has 1 aromatic heterocycles. The van der Waals surface area contributed by atoms with Gasteiger partial charge in [0.1, 0.15) is 6.04 Å². The number of alkyl halides is 3. The topological polar surface area (TPSA) is 12.0 Å². The van der Waals surface area contributed by atoms with Crippen LogP contribution in [0.25, 0.3) is 0 Å². The molecule has 16 heavy (non-hydrogen) atoms. The van der Waals surface area contributed by atoms with Crippen LogP contribution < -0.4 is 5.32 Å². The highest BCUT2D eigenvalue weighted by Gasteiger charge is 2.41. The fourth-order valence-corrected chi connectivity index (χ4v) is 3.02. The molecule has 0 amide bonds. The maximum Gasteiger partial charge on any atom is 0.408 e. The monoisotopic (exact) mass is 335 g/mol. The lowest BCUT2D eigenvalue weighted by molar-refractivity contribution is -0.156. The molecule has 7 heteroatoms. The molecule has 1 atom stereocenters. The summed E-state index contributed by atoms with van der Waals surface area (Å²) in [4.78, 5) is 0.179. The normalized spacial score (nSPS) is 14.1. The Morgan fingerprint density at radius 1 is 1.56 bits per heavy atom. The third-order valence-electron chi connectivity index (χ3n) is 1.87. The van der Waals surface area contributed by atoms with E-state index in [1.54, 1.807) is 0 Å². The Kier molecular flexibility index (Phi) is 5.10. The average molecular weight is 337 g/mol. The number of thiophene rings is 1. The smallest absolute Gasteiger partial charge is 0.302 e. The van der Waals surface area contributed by atoms with Crippen LogP contribution in [0.1, 0.15) is 24.3 Å². The minimum Gasteiger partial charge on any atom is -0.302 e. The predicted molar refractivity (Wildman–Crippen MR) is 64.1 cm³/mol. The van der Waals surface area contributed by atoms with Crippen LogP contribution in [0.4, 0.5) is 13.2 Å². The van der Waals surface area contributed by atoms with E-state index in [2.05, 4.69) is 21.2 Å². The van der Waals surface area contributed by atoms with E-state index in [0.29, 0.717) is 21.8 Å². The summed E-state index contributed by atoms with van der Waals surface area (Å²) in [7, 11) is 0. The molecule has 92 valence electrons. The minimum atomic E-state index is -4.30. The zero-order valence-corrected chi connectivity index (χ0v) is 11.5. The van der Waals surface area contributed by atoms with Gasteiger partial charge in [0, 0.05) is 4.88 Å². The van der Waals surface area contributed by atoms with Crippen molar-refractivity contribution in [3.05, 3.63) is 19.8 Å². The summed E-state index contributed by atoms with van der Waals surface area (Å²) in [6, 6.07) is -0.293. The summed E-state index contributed by atoms with van der Waals surface area (Å²) in [5.74, 6) is 0. The molecule has 1 aromatic rings. The van der Waals surface area contributed by atoms with Crippen LogP contribution in [0.15, 0.2) is 9.85 Å². The Balaban J connectivity index is 2.92. The molecule has 0 radical (unpaired) electrons. The highest BCUT2D eigenvalue weighted by atomic mass is 79.9. The largest absolute Gasteiger partial charge is 0.408 e. The van der Waals surface area contributed by atoms with E-state index in [0.717, 1.165) is 11.3 Å². The van der Waals surface area contributed by atoms with Gasteiger partial charge >= 0.3 is 6.18 Å². The van der Waals surface area contributed by atoms with Gasteiger partial charge in [-0.15, -0.1) is 11.3 Å². The first-order valence-corrected chi connectivity index (χ1v) is 6.59. The van der Waals surface area contributed by atoms with Crippen LogP contribution >= 0.6 is 38.9 Å². The molecular formula is C9H10BrClF3NS. The van der Waals surface area contributed by atoms with Gasteiger partial charge in [0.25, 0.3) is 0 Å². The average Bonchev–Trinajstić information content (AvgIpc) is 2.45. The van der Waals surface area contributed by atoms with Gasteiger partial charge in [-0.1, -0.05) is 18.5 Å². The Hall–Kier alpha value is 0.220. The molecule has 0 bridgehead atoms. The SMILES string of the molecule is CCCNC(c1cc(Cl)c(Br)s1)C(F)(F)F. The second kappa shape index (κ2) is 5.71. The maximum atomic E-state index is 12.8. The lowest BCUT2D eigenvalue weighted by Crippen LogP contribution is -2.33. The number of halogens is 5. The van der Waals surface area contributed by atoms with E-state index < -0.39 is 12.2 Å². The van der Waals surface area contributed by atoms with Gasteiger partial charge in [-0.05, 0) is 35.0 Å². The van der Waals surface area contributed by atoms with Crippen molar-refractivity contribution >= 4 is 38.9 Å². The summed E-state index contributed by atoms with van der Waals surface area (Å²) in [5, 5.41) is 2.78. The van der Waals surface area contributed by atoms with Gasteiger partial charge < -0.3 is 5.32 Å². The summed E-state index contributed by atoms with van der Waals surface area (Å²) < 4.78 is 38.8. The number of rotatable bonds is 4. The van der Waals surface area contributed by atoms with Crippen LogP contribution in [0, 0.1) is 0 Å². The highest BCUT2D eigenvalue weighted by molar-refractivity contribution is 9.11. The van der Waals surface area contributed by atoms with Gasteiger partial charge in [0.15, 0.2) is 0 Å². The van der Waals surface area contributed by atoms with Crippen LogP contribution in [0.5, 0.6) is 0 Å². The number of nitrogens with one attached hydrogen (secondary N) is 1. The molecule has 0 aliphatic heterocycles. The van der Waals surface area contributed by atoms with Crippen molar-refractivity contribution in [3.8, 4) is 0 Å². The Morgan fingerprint density at radius 3 is 2.56 bits per heavy atom. The second-order valence-corrected chi connectivity index (χ2v) is 6.01. The predicted octanol–water partition coefficient (Wildman–Crippen LogP) is 4.77. The molecule has 1 nitrogen and oxygen atoms in total. The third kappa shape index (κ3) is 3.61. The van der Waals surface area contributed by atoms with Gasteiger partial charge in [0.2, 0.25) is 0 Å². The molecule has 1 unspecified atom stereocenters. The molecule has 0 fully saturated rings. The van der Waals surface area contributed by atoms with Crippen molar-refractivity contribution in [1.29, 1.82) is 0 Å². The Labute approximate surface area is 109 Å². The molecule has 0 saturated carbocycles. The Bertz CT molecular complexity index is 334. The van der Waals surface area contributed by atoms with Crippen molar-refractivity contribution < 1.29 is 13.2 Å². The molecule has 0 spiro atoms. The zero-order chi connectivity index (χ0) is 12.3. The van der Waals surface area contributed by atoms with Crippen molar-refractivity contribution in [2.24, 2.45) is 0 Å². The van der Waals surface area contributed by atoms with Crippen LogP contribution in [0.2, 0.25) is 5.02 Å². The van der Waals surface area contributed by atoms with Crippen LogP contribution in [-0.4, -0.2) is 12.7 Å². The van der Waals surface area contributed by atoms with Crippen molar-refractivity contribution in [3.63, 3.8) is 0 Å². The van der Waals surface area contributed by atoms with E-state index in [1.807, 2.05) is 6.92 Å². The van der Waals surface area contributed by atoms with Crippen molar-refractivity contribution in [2.45, 2.75) is 25.6 Å². The molecule has 1 N–H and O–H groups in total. The second-order valence-electron chi connectivity index (χ2n) is 3.20. The molecule has 1 rings (SSSR count). The van der Waals surface area contributed by atoms with Gasteiger partial charge in [-0.3, -0.25) is 0 Å². The fourth-order valence-electron chi connectivity index (χ4n) is 1.17. The lowest BCUT2D eigenvalue weighted by Gasteiger charge is -2.20. The van der Waals surface area contributed by atoms with E-state index >= 15 is 0 Å². The molecule has 1 heterocycles. The van der Waals surface area contributed by atoms with Crippen molar-refractivity contribution in [2.75, 3.05) is 6.54 Å².